The highest BCUT2D eigenvalue weighted by atomic mass is 32.1. The third-order valence-electron chi connectivity index (χ3n) is 4.52. The number of amides is 1. The molecule has 30 heavy (non-hydrogen) atoms. The standard InChI is InChI=1S/C21H17N5O2S2/c1-3-28-15-5-4-6-16-19(15)24-21(30-16)26-18(9-12(2)25-26)23-20(27)13-7-8-14-17(10-13)29-11-22-14/h4-11H,3H2,1-2H3,(H,23,27). The van der Waals surface area contributed by atoms with E-state index in [1.807, 2.05) is 50.2 Å². The van der Waals surface area contributed by atoms with Gasteiger partial charge in [0.2, 0.25) is 5.13 Å². The van der Waals surface area contributed by atoms with E-state index in [1.54, 1.807) is 16.3 Å². The van der Waals surface area contributed by atoms with Crippen molar-refractivity contribution in [2.24, 2.45) is 0 Å². The van der Waals surface area contributed by atoms with Gasteiger partial charge in [0.1, 0.15) is 17.1 Å². The Morgan fingerprint density at radius 1 is 1.20 bits per heavy atom. The maximum Gasteiger partial charge on any atom is 0.256 e. The lowest BCUT2D eigenvalue weighted by molar-refractivity contribution is 0.102. The van der Waals surface area contributed by atoms with E-state index in [0.29, 0.717) is 23.1 Å². The van der Waals surface area contributed by atoms with Crippen LogP contribution in [0, 0.1) is 6.92 Å². The molecule has 9 heteroatoms. The molecule has 0 saturated carbocycles. The number of hydrogen-bond donors (Lipinski definition) is 1. The van der Waals surface area contributed by atoms with Crippen LogP contribution in [0.3, 0.4) is 0 Å². The molecule has 0 aliphatic carbocycles. The molecule has 0 unspecified atom stereocenters. The van der Waals surface area contributed by atoms with Crippen molar-refractivity contribution in [1.82, 2.24) is 19.7 Å². The zero-order valence-electron chi connectivity index (χ0n) is 16.2. The lowest BCUT2D eigenvalue weighted by Crippen LogP contribution is -2.15. The molecule has 0 aliphatic rings. The van der Waals surface area contributed by atoms with Crippen molar-refractivity contribution >= 4 is 54.8 Å². The largest absolute Gasteiger partial charge is 0.492 e. The average Bonchev–Trinajstić information content (AvgIpc) is 3.45. The van der Waals surface area contributed by atoms with Gasteiger partial charge in [-0.15, -0.1) is 11.3 Å². The van der Waals surface area contributed by atoms with Crippen LogP contribution in [-0.2, 0) is 0 Å². The van der Waals surface area contributed by atoms with Gasteiger partial charge in [-0.25, -0.2) is 9.97 Å². The van der Waals surface area contributed by atoms with Gasteiger partial charge in [0.25, 0.3) is 5.91 Å². The van der Waals surface area contributed by atoms with Crippen LogP contribution in [0.2, 0.25) is 0 Å². The van der Waals surface area contributed by atoms with Crippen LogP contribution < -0.4 is 10.1 Å². The number of para-hydroxylation sites is 1. The summed E-state index contributed by atoms with van der Waals surface area (Å²) in [5, 5.41) is 8.17. The van der Waals surface area contributed by atoms with Gasteiger partial charge < -0.3 is 10.1 Å². The fraction of sp³-hybridized carbons (Fsp3) is 0.143. The summed E-state index contributed by atoms with van der Waals surface area (Å²) in [6.07, 6.45) is 0. The second-order valence-corrected chi connectivity index (χ2v) is 8.50. The number of aromatic nitrogens is 4. The van der Waals surface area contributed by atoms with Crippen molar-refractivity contribution in [2.45, 2.75) is 13.8 Å². The molecule has 0 radical (unpaired) electrons. The van der Waals surface area contributed by atoms with Crippen molar-refractivity contribution < 1.29 is 9.53 Å². The first-order valence-corrected chi connectivity index (χ1v) is 11.1. The summed E-state index contributed by atoms with van der Waals surface area (Å²) < 4.78 is 9.33. The van der Waals surface area contributed by atoms with E-state index in [9.17, 15) is 4.79 Å². The smallest absolute Gasteiger partial charge is 0.256 e. The number of anilines is 1. The number of rotatable bonds is 5. The number of fused-ring (bicyclic) bond motifs is 2. The highest BCUT2D eigenvalue weighted by Gasteiger charge is 2.17. The summed E-state index contributed by atoms with van der Waals surface area (Å²) in [5.74, 6) is 1.10. The molecule has 2 aromatic carbocycles. The van der Waals surface area contributed by atoms with E-state index < -0.39 is 0 Å². The van der Waals surface area contributed by atoms with Gasteiger partial charge in [0.15, 0.2) is 0 Å². The van der Waals surface area contributed by atoms with E-state index in [-0.39, 0.29) is 5.91 Å². The molecule has 1 N–H and O–H groups in total. The predicted molar refractivity (Wildman–Crippen MR) is 120 cm³/mol. The van der Waals surface area contributed by atoms with Crippen molar-refractivity contribution in [3.63, 3.8) is 0 Å². The van der Waals surface area contributed by atoms with E-state index in [1.165, 1.54) is 22.7 Å². The van der Waals surface area contributed by atoms with Crippen molar-refractivity contribution in [2.75, 3.05) is 11.9 Å². The zero-order chi connectivity index (χ0) is 20.7. The number of carbonyl (C=O) groups excluding carboxylic acids is 1. The second kappa shape index (κ2) is 7.51. The van der Waals surface area contributed by atoms with Crippen LogP contribution in [0.1, 0.15) is 23.0 Å². The number of nitrogens with one attached hydrogen (secondary N) is 1. The average molecular weight is 436 g/mol. The second-order valence-electron chi connectivity index (χ2n) is 6.60. The normalized spacial score (nSPS) is 11.3. The molecule has 0 bridgehead atoms. The van der Waals surface area contributed by atoms with Crippen LogP contribution in [0.4, 0.5) is 5.82 Å². The van der Waals surface area contributed by atoms with Crippen LogP contribution in [0.5, 0.6) is 5.75 Å². The molecule has 3 aromatic heterocycles. The molecule has 0 saturated heterocycles. The number of benzene rings is 2. The summed E-state index contributed by atoms with van der Waals surface area (Å²) in [6.45, 7) is 4.40. The number of ether oxygens (including phenoxy) is 1. The quantitative estimate of drug-likeness (QED) is 0.418. The van der Waals surface area contributed by atoms with Gasteiger partial charge in [-0.1, -0.05) is 17.4 Å². The van der Waals surface area contributed by atoms with Crippen LogP contribution in [0.15, 0.2) is 48.0 Å². The number of carbonyl (C=O) groups is 1. The molecule has 1 amide bonds. The lowest BCUT2D eigenvalue weighted by Gasteiger charge is -2.06. The Kier molecular flexibility index (Phi) is 4.68. The number of hydrogen-bond acceptors (Lipinski definition) is 7. The van der Waals surface area contributed by atoms with Crippen molar-refractivity contribution in [3.05, 3.63) is 59.2 Å². The fourth-order valence-electron chi connectivity index (χ4n) is 3.19. The Labute approximate surface area is 180 Å². The van der Waals surface area contributed by atoms with Gasteiger partial charge in [-0.2, -0.15) is 9.78 Å². The Hall–Kier alpha value is -3.30. The molecule has 0 spiro atoms. The van der Waals surface area contributed by atoms with Crippen molar-refractivity contribution in [3.8, 4) is 10.9 Å². The minimum Gasteiger partial charge on any atom is -0.492 e. The molecular formula is C21H17N5O2S2. The van der Waals surface area contributed by atoms with Crippen LogP contribution >= 0.6 is 22.7 Å². The Morgan fingerprint density at radius 3 is 2.97 bits per heavy atom. The highest BCUT2D eigenvalue weighted by Crippen LogP contribution is 2.33. The first-order valence-electron chi connectivity index (χ1n) is 9.36. The molecule has 7 nitrogen and oxygen atoms in total. The number of nitrogens with zero attached hydrogens (tertiary/aromatic N) is 4. The Balaban J connectivity index is 1.50. The van der Waals surface area contributed by atoms with Gasteiger partial charge in [0.05, 0.1) is 32.7 Å². The molecule has 5 rings (SSSR count). The maximum atomic E-state index is 12.9. The van der Waals surface area contributed by atoms with Crippen LogP contribution in [0.25, 0.3) is 25.6 Å². The highest BCUT2D eigenvalue weighted by molar-refractivity contribution is 7.20. The monoisotopic (exact) mass is 435 g/mol. The summed E-state index contributed by atoms with van der Waals surface area (Å²) in [4.78, 5) is 21.9. The topological polar surface area (TPSA) is 81.9 Å². The Bertz CT molecular complexity index is 1380. The van der Waals surface area contributed by atoms with Crippen LogP contribution in [-0.4, -0.2) is 32.3 Å². The van der Waals surface area contributed by atoms with Gasteiger partial charge in [0, 0.05) is 11.6 Å². The lowest BCUT2D eigenvalue weighted by atomic mass is 10.2. The molecule has 150 valence electrons. The van der Waals surface area contributed by atoms with E-state index in [4.69, 9.17) is 9.72 Å². The summed E-state index contributed by atoms with van der Waals surface area (Å²) >= 11 is 3.00. The first kappa shape index (κ1) is 18.7. The third kappa shape index (κ3) is 3.31. The molecule has 0 aliphatic heterocycles. The molecule has 3 heterocycles. The fourth-order valence-corrected chi connectivity index (χ4v) is 4.86. The third-order valence-corrected chi connectivity index (χ3v) is 6.31. The number of thiazole rings is 2. The summed E-state index contributed by atoms with van der Waals surface area (Å²) in [5.41, 5.74) is 4.80. The predicted octanol–water partition coefficient (Wildman–Crippen LogP) is 5.05. The maximum absolute atomic E-state index is 12.9. The molecule has 5 aromatic rings. The molecule has 0 fully saturated rings. The molecule has 0 atom stereocenters. The SMILES string of the molecule is CCOc1cccc2sc(-n3nc(C)cc3NC(=O)c3ccc4ncsc4c3)nc12. The van der Waals surface area contributed by atoms with Gasteiger partial charge in [-0.05, 0) is 44.2 Å². The van der Waals surface area contributed by atoms with E-state index >= 15 is 0 Å². The zero-order valence-corrected chi connectivity index (χ0v) is 17.9. The first-order chi connectivity index (χ1) is 14.6. The van der Waals surface area contributed by atoms with Gasteiger partial charge >= 0.3 is 0 Å². The van der Waals surface area contributed by atoms with Crippen molar-refractivity contribution in [1.29, 1.82) is 0 Å². The Morgan fingerprint density at radius 2 is 2.10 bits per heavy atom. The van der Waals surface area contributed by atoms with Gasteiger partial charge in [-0.3, -0.25) is 4.79 Å². The molecular weight excluding hydrogens is 418 g/mol. The van der Waals surface area contributed by atoms with E-state index in [0.717, 1.165) is 31.9 Å². The summed E-state index contributed by atoms with van der Waals surface area (Å²) in [7, 11) is 0. The van der Waals surface area contributed by atoms with E-state index in [2.05, 4.69) is 15.4 Å². The number of aryl methyl sites for hydroxylation is 1. The minimum atomic E-state index is -0.206. The minimum absolute atomic E-state index is 0.206. The summed E-state index contributed by atoms with van der Waals surface area (Å²) in [6, 6.07) is 13.2.